The number of rotatable bonds is 6. The number of hydrogen-bond donors (Lipinski definition) is 2. The molecule has 1 aromatic carbocycles. The van der Waals surface area contributed by atoms with Crippen molar-refractivity contribution in [2.24, 2.45) is 0 Å². The van der Waals surface area contributed by atoms with Gasteiger partial charge in [0.15, 0.2) is 6.61 Å². The summed E-state index contributed by atoms with van der Waals surface area (Å²) in [7, 11) is 0. The van der Waals surface area contributed by atoms with Crippen LogP contribution in [0.15, 0.2) is 24.3 Å². The van der Waals surface area contributed by atoms with Gasteiger partial charge in [-0.15, -0.1) is 6.42 Å². The molecule has 104 valence electrons. The third kappa shape index (κ3) is 5.23. The SMILES string of the molecule is C#CCNC(=O)COc1ccc(F)cc1/C=C/C(=O)O. The van der Waals surface area contributed by atoms with Gasteiger partial charge in [0.05, 0.1) is 6.54 Å². The summed E-state index contributed by atoms with van der Waals surface area (Å²) in [5, 5.41) is 10.9. The topological polar surface area (TPSA) is 75.6 Å². The van der Waals surface area contributed by atoms with Gasteiger partial charge in [0.2, 0.25) is 0 Å². The standard InChI is InChI=1S/C14H12FNO4/c1-2-7-16-13(17)9-20-12-5-4-11(15)8-10(12)3-6-14(18)19/h1,3-6,8H,7,9H2,(H,16,17)(H,18,19)/b6-3+. The highest BCUT2D eigenvalue weighted by Crippen LogP contribution is 2.21. The zero-order chi connectivity index (χ0) is 15.0. The summed E-state index contributed by atoms with van der Waals surface area (Å²) in [6.45, 7) is -0.224. The number of halogens is 1. The lowest BCUT2D eigenvalue weighted by atomic mass is 10.2. The van der Waals surface area contributed by atoms with E-state index in [4.69, 9.17) is 16.3 Å². The zero-order valence-electron chi connectivity index (χ0n) is 10.4. The van der Waals surface area contributed by atoms with Gasteiger partial charge >= 0.3 is 5.97 Å². The third-order valence-corrected chi connectivity index (χ3v) is 2.12. The summed E-state index contributed by atoms with van der Waals surface area (Å²) >= 11 is 0. The average Bonchev–Trinajstić information content (AvgIpc) is 2.41. The van der Waals surface area contributed by atoms with Crippen LogP contribution in [0.1, 0.15) is 5.56 Å². The number of hydrogen-bond acceptors (Lipinski definition) is 3. The first kappa shape index (κ1) is 15.2. The summed E-state index contributed by atoms with van der Waals surface area (Å²) in [6, 6.07) is 3.56. The first-order valence-electron chi connectivity index (χ1n) is 5.56. The summed E-state index contributed by atoms with van der Waals surface area (Å²) in [5.41, 5.74) is 0.220. The molecule has 0 aliphatic rings. The molecule has 0 saturated heterocycles. The van der Waals surface area contributed by atoms with Gasteiger partial charge in [-0.05, 0) is 24.3 Å². The third-order valence-electron chi connectivity index (χ3n) is 2.12. The number of carboxylic acid groups (broad SMARTS) is 1. The molecule has 0 atom stereocenters. The highest BCUT2D eigenvalue weighted by molar-refractivity contribution is 5.86. The van der Waals surface area contributed by atoms with Crippen LogP contribution in [0.3, 0.4) is 0 Å². The summed E-state index contributed by atoms with van der Waals surface area (Å²) < 4.78 is 18.3. The molecule has 0 fully saturated rings. The Labute approximate surface area is 115 Å². The number of nitrogens with one attached hydrogen (secondary N) is 1. The number of amides is 1. The highest BCUT2D eigenvalue weighted by Gasteiger charge is 2.06. The van der Waals surface area contributed by atoms with Crippen LogP contribution in [0, 0.1) is 18.2 Å². The van der Waals surface area contributed by atoms with E-state index in [9.17, 15) is 14.0 Å². The smallest absolute Gasteiger partial charge is 0.328 e. The van der Waals surface area contributed by atoms with Crippen LogP contribution < -0.4 is 10.1 Å². The van der Waals surface area contributed by atoms with E-state index in [1.54, 1.807) is 0 Å². The van der Waals surface area contributed by atoms with E-state index in [0.29, 0.717) is 0 Å². The molecule has 1 amide bonds. The van der Waals surface area contributed by atoms with Crippen LogP contribution in [0.4, 0.5) is 4.39 Å². The Morgan fingerprint density at radius 2 is 2.25 bits per heavy atom. The molecule has 20 heavy (non-hydrogen) atoms. The number of carbonyl (C=O) groups is 2. The molecular formula is C14H12FNO4. The Balaban J connectivity index is 2.76. The van der Waals surface area contributed by atoms with Crippen molar-refractivity contribution >= 4 is 18.0 Å². The minimum absolute atomic E-state index is 0.0807. The maximum absolute atomic E-state index is 13.1. The molecule has 0 aromatic heterocycles. The lowest BCUT2D eigenvalue weighted by molar-refractivity contribution is -0.131. The number of terminal acetylenes is 1. The summed E-state index contributed by atoms with van der Waals surface area (Å²) in [5.74, 6) is 0.282. The van der Waals surface area contributed by atoms with Crippen LogP contribution in [-0.2, 0) is 9.59 Å². The van der Waals surface area contributed by atoms with Gasteiger partial charge in [0, 0.05) is 11.6 Å². The van der Waals surface area contributed by atoms with Crippen molar-refractivity contribution in [1.82, 2.24) is 5.32 Å². The van der Waals surface area contributed by atoms with Crippen molar-refractivity contribution in [2.45, 2.75) is 0 Å². The maximum atomic E-state index is 13.1. The lowest BCUT2D eigenvalue weighted by Crippen LogP contribution is -2.29. The van der Waals surface area contributed by atoms with Gasteiger partial charge in [0.1, 0.15) is 11.6 Å². The lowest BCUT2D eigenvalue weighted by Gasteiger charge is -2.09. The quantitative estimate of drug-likeness (QED) is 0.602. The Kier molecular flexibility index (Phi) is 5.78. The first-order chi connectivity index (χ1) is 9.52. The molecule has 0 heterocycles. The Hall–Kier alpha value is -2.81. The first-order valence-corrected chi connectivity index (χ1v) is 5.56. The van der Waals surface area contributed by atoms with Gasteiger partial charge < -0.3 is 15.2 Å². The zero-order valence-corrected chi connectivity index (χ0v) is 10.4. The molecule has 0 spiro atoms. The van der Waals surface area contributed by atoms with Crippen LogP contribution in [-0.4, -0.2) is 30.1 Å². The van der Waals surface area contributed by atoms with Crippen molar-refractivity contribution < 1.29 is 23.8 Å². The van der Waals surface area contributed by atoms with Crippen LogP contribution in [0.25, 0.3) is 6.08 Å². The molecule has 2 N–H and O–H groups in total. The molecule has 0 saturated carbocycles. The maximum Gasteiger partial charge on any atom is 0.328 e. The van der Waals surface area contributed by atoms with Crippen LogP contribution >= 0.6 is 0 Å². The molecular weight excluding hydrogens is 265 g/mol. The molecule has 0 radical (unpaired) electrons. The monoisotopic (exact) mass is 277 g/mol. The average molecular weight is 277 g/mol. The Morgan fingerprint density at radius 1 is 1.50 bits per heavy atom. The Bertz CT molecular complexity index is 575. The second kappa shape index (κ2) is 7.59. The molecule has 0 aliphatic carbocycles. The molecule has 5 nitrogen and oxygen atoms in total. The second-order valence-electron chi connectivity index (χ2n) is 3.62. The molecule has 6 heteroatoms. The molecule has 0 unspecified atom stereocenters. The fraction of sp³-hybridized carbons (Fsp3) is 0.143. The number of carbonyl (C=O) groups excluding carboxylic acids is 1. The minimum Gasteiger partial charge on any atom is -0.483 e. The predicted molar refractivity (Wildman–Crippen MR) is 70.4 cm³/mol. The van der Waals surface area contributed by atoms with Crippen molar-refractivity contribution in [2.75, 3.05) is 13.2 Å². The van der Waals surface area contributed by atoms with Crippen molar-refractivity contribution in [3.63, 3.8) is 0 Å². The fourth-order valence-electron chi connectivity index (χ4n) is 1.29. The van der Waals surface area contributed by atoms with Crippen LogP contribution in [0.5, 0.6) is 5.75 Å². The van der Waals surface area contributed by atoms with E-state index >= 15 is 0 Å². The Morgan fingerprint density at radius 3 is 2.90 bits per heavy atom. The number of benzene rings is 1. The molecule has 0 bridgehead atoms. The molecule has 1 aromatic rings. The largest absolute Gasteiger partial charge is 0.483 e. The van der Waals surface area contributed by atoms with E-state index in [0.717, 1.165) is 18.2 Å². The van der Waals surface area contributed by atoms with Crippen molar-refractivity contribution in [3.05, 3.63) is 35.7 Å². The van der Waals surface area contributed by atoms with Gasteiger partial charge in [-0.25, -0.2) is 9.18 Å². The highest BCUT2D eigenvalue weighted by atomic mass is 19.1. The van der Waals surface area contributed by atoms with Crippen molar-refractivity contribution in [3.8, 4) is 18.1 Å². The van der Waals surface area contributed by atoms with Crippen LogP contribution in [0.2, 0.25) is 0 Å². The fourth-order valence-corrected chi connectivity index (χ4v) is 1.29. The molecule has 1 rings (SSSR count). The van der Waals surface area contributed by atoms with Gasteiger partial charge in [-0.3, -0.25) is 4.79 Å². The minimum atomic E-state index is -1.17. The number of carboxylic acids is 1. The van der Waals surface area contributed by atoms with E-state index in [1.807, 2.05) is 0 Å². The second-order valence-corrected chi connectivity index (χ2v) is 3.62. The predicted octanol–water partition coefficient (Wildman–Crippen LogP) is 1.05. The summed E-state index contributed by atoms with van der Waals surface area (Å²) in [6.07, 6.45) is 7.01. The van der Waals surface area contributed by atoms with E-state index in [1.165, 1.54) is 12.1 Å². The number of aliphatic carboxylic acids is 1. The van der Waals surface area contributed by atoms with Gasteiger partial charge in [-0.2, -0.15) is 0 Å². The normalized spacial score (nSPS) is 10.0. The number of ether oxygens (including phenoxy) is 1. The molecule has 0 aliphatic heterocycles. The van der Waals surface area contributed by atoms with E-state index in [2.05, 4.69) is 11.2 Å². The van der Waals surface area contributed by atoms with Gasteiger partial charge in [0.25, 0.3) is 5.91 Å². The van der Waals surface area contributed by atoms with E-state index < -0.39 is 17.7 Å². The van der Waals surface area contributed by atoms with E-state index in [-0.39, 0.29) is 24.5 Å². The van der Waals surface area contributed by atoms with Crippen molar-refractivity contribution in [1.29, 1.82) is 0 Å². The van der Waals surface area contributed by atoms with Gasteiger partial charge in [-0.1, -0.05) is 5.92 Å². The summed E-state index contributed by atoms with van der Waals surface area (Å²) in [4.78, 5) is 21.8.